The summed E-state index contributed by atoms with van der Waals surface area (Å²) in [6.45, 7) is 0.851. The van der Waals surface area contributed by atoms with Gasteiger partial charge < -0.3 is 42.7 Å². The zero-order valence-electron chi connectivity index (χ0n) is 16.1. The first-order valence-corrected chi connectivity index (χ1v) is 8.95. The van der Waals surface area contributed by atoms with Crippen LogP contribution in [0.25, 0.3) is 0 Å². The molecule has 13 nitrogen and oxygen atoms in total. The number of hydrogen-bond donors (Lipinski definition) is 8. The minimum atomic E-state index is -1.47. The van der Waals surface area contributed by atoms with Gasteiger partial charge in [-0.15, -0.1) is 0 Å². The number of carbonyl (C=O) groups excluding carboxylic acids is 3. The van der Waals surface area contributed by atoms with Gasteiger partial charge in [0.05, 0.1) is 18.6 Å². The van der Waals surface area contributed by atoms with E-state index in [0.29, 0.717) is 19.4 Å². The number of nitrogens with one attached hydrogen (secondary N) is 3. The molecule has 0 aromatic rings. The van der Waals surface area contributed by atoms with E-state index in [1.165, 1.54) is 6.92 Å². The van der Waals surface area contributed by atoms with Crippen LogP contribution in [0.1, 0.15) is 32.6 Å². The predicted molar refractivity (Wildman–Crippen MR) is 99.3 cm³/mol. The molecular formula is C16H29N5O8. The molecule has 0 saturated carbocycles. The Hall–Kier alpha value is -2.77. The fraction of sp³-hybridized carbons (Fsp3) is 0.688. The highest BCUT2D eigenvalue weighted by Gasteiger charge is 2.30. The third kappa shape index (κ3) is 11.0. The standard InChI is InChI=1S/C16H29N5O8/c1-8(22)13(16(29)19-7-12(25)26)21-15(28)10(4-2-3-5-17)20-14(27)9(18)6-11(23)24/h8-10,13,22H,2-7,17-18H2,1H3,(H,19,29)(H,20,27)(H,21,28)(H,23,24)(H,25,26). The van der Waals surface area contributed by atoms with Crippen LogP contribution in [0.15, 0.2) is 0 Å². The fourth-order valence-corrected chi connectivity index (χ4v) is 2.25. The van der Waals surface area contributed by atoms with Crippen molar-refractivity contribution < 1.29 is 39.3 Å². The molecule has 13 heteroatoms. The van der Waals surface area contributed by atoms with Gasteiger partial charge in [0.1, 0.15) is 18.6 Å². The molecule has 29 heavy (non-hydrogen) atoms. The Morgan fingerprint density at radius 3 is 2.03 bits per heavy atom. The summed E-state index contributed by atoms with van der Waals surface area (Å²) < 4.78 is 0. The van der Waals surface area contributed by atoms with Gasteiger partial charge in [0.2, 0.25) is 17.7 Å². The number of nitrogens with two attached hydrogens (primary N) is 2. The number of carbonyl (C=O) groups is 5. The highest BCUT2D eigenvalue weighted by atomic mass is 16.4. The maximum absolute atomic E-state index is 12.6. The lowest BCUT2D eigenvalue weighted by molar-refractivity contribution is -0.140. The van der Waals surface area contributed by atoms with Crippen molar-refractivity contribution in [3.8, 4) is 0 Å². The first-order valence-electron chi connectivity index (χ1n) is 8.95. The SMILES string of the molecule is CC(O)C(NC(=O)C(CCCCN)NC(=O)C(N)CC(=O)O)C(=O)NCC(=O)O. The van der Waals surface area contributed by atoms with Gasteiger partial charge in [0.25, 0.3) is 0 Å². The second-order valence-corrected chi connectivity index (χ2v) is 6.39. The van der Waals surface area contributed by atoms with Crippen LogP contribution >= 0.6 is 0 Å². The molecule has 0 fully saturated rings. The lowest BCUT2D eigenvalue weighted by atomic mass is 10.1. The Balaban J connectivity index is 5.18. The van der Waals surface area contributed by atoms with Crippen molar-refractivity contribution in [3.05, 3.63) is 0 Å². The minimum absolute atomic E-state index is 0.123. The van der Waals surface area contributed by atoms with Crippen molar-refractivity contribution in [2.24, 2.45) is 11.5 Å². The largest absolute Gasteiger partial charge is 0.481 e. The molecular weight excluding hydrogens is 390 g/mol. The molecule has 0 radical (unpaired) electrons. The smallest absolute Gasteiger partial charge is 0.322 e. The van der Waals surface area contributed by atoms with Gasteiger partial charge in [-0.3, -0.25) is 24.0 Å². The summed E-state index contributed by atoms with van der Waals surface area (Å²) >= 11 is 0. The number of aliphatic carboxylic acids is 2. The molecule has 0 aliphatic carbocycles. The van der Waals surface area contributed by atoms with E-state index in [0.717, 1.165) is 0 Å². The average Bonchev–Trinajstić information content (AvgIpc) is 2.62. The van der Waals surface area contributed by atoms with Gasteiger partial charge in [-0.2, -0.15) is 0 Å². The van der Waals surface area contributed by atoms with E-state index in [2.05, 4.69) is 10.6 Å². The quantitative estimate of drug-likeness (QED) is 0.129. The summed E-state index contributed by atoms with van der Waals surface area (Å²) in [6, 6.07) is -4.02. The van der Waals surface area contributed by atoms with Crippen LogP contribution in [0, 0.1) is 0 Å². The number of aliphatic hydroxyl groups is 1. The zero-order chi connectivity index (χ0) is 22.6. The van der Waals surface area contributed by atoms with Gasteiger partial charge >= 0.3 is 11.9 Å². The molecule has 0 bridgehead atoms. The van der Waals surface area contributed by atoms with E-state index in [1.54, 1.807) is 0 Å². The molecule has 3 amide bonds. The zero-order valence-corrected chi connectivity index (χ0v) is 16.1. The summed E-state index contributed by atoms with van der Waals surface area (Å²) in [6.07, 6.45) is -0.899. The molecule has 166 valence electrons. The second kappa shape index (κ2) is 13.4. The molecule has 0 aliphatic rings. The summed E-state index contributed by atoms with van der Waals surface area (Å²) in [5.74, 6) is -5.22. The van der Waals surface area contributed by atoms with E-state index in [4.69, 9.17) is 21.7 Å². The number of hydrogen-bond acceptors (Lipinski definition) is 8. The van der Waals surface area contributed by atoms with Crippen LogP contribution < -0.4 is 27.4 Å². The van der Waals surface area contributed by atoms with Crippen LogP contribution in [0.4, 0.5) is 0 Å². The Morgan fingerprint density at radius 2 is 1.55 bits per heavy atom. The predicted octanol–water partition coefficient (Wildman–Crippen LogP) is -3.53. The Kier molecular flexibility index (Phi) is 12.1. The summed E-state index contributed by atoms with van der Waals surface area (Å²) in [4.78, 5) is 57.9. The molecule has 0 aliphatic heterocycles. The van der Waals surface area contributed by atoms with Gasteiger partial charge in [0.15, 0.2) is 0 Å². The van der Waals surface area contributed by atoms with E-state index in [9.17, 15) is 29.1 Å². The molecule has 0 saturated heterocycles. The fourth-order valence-electron chi connectivity index (χ4n) is 2.25. The molecule has 4 atom stereocenters. The van der Waals surface area contributed by atoms with Crippen LogP contribution in [-0.4, -0.2) is 82.3 Å². The van der Waals surface area contributed by atoms with Crippen molar-refractivity contribution in [2.45, 2.75) is 56.8 Å². The highest BCUT2D eigenvalue weighted by Crippen LogP contribution is 2.04. The molecule has 0 spiro atoms. The molecule has 0 aromatic heterocycles. The molecule has 10 N–H and O–H groups in total. The van der Waals surface area contributed by atoms with Crippen molar-refractivity contribution in [1.29, 1.82) is 0 Å². The van der Waals surface area contributed by atoms with Gasteiger partial charge in [-0.25, -0.2) is 0 Å². The van der Waals surface area contributed by atoms with Crippen LogP contribution in [0.5, 0.6) is 0 Å². The first-order chi connectivity index (χ1) is 13.5. The molecule has 0 rings (SSSR count). The number of aliphatic hydroxyl groups excluding tert-OH is 1. The maximum Gasteiger partial charge on any atom is 0.322 e. The molecule has 0 aromatic carbocycles. The van der Waals surface area contributed by atoms with E-state index in [1.807, 2.05) is 5.32 Å². The Morgan fingerprint density at radius 1 is 0.931 bits per heavy atom. The topological polar surface area (TPSA) is 234 Å². The third-order valence-electron chi connectivity index (χ3n) is 3.79. The van der Waals surface area contributed by atoms with Gasteiger partial charge in [0, 0.05) is 0 Å². The summed E-state index contributed by atoms with van der Waals surface area (Å²) in [7, 11) is 0. The van der Waals surface area contributed by atoms with Crippen molar-refractivity contribution in [1.82, 2.24) is 16.0 Å². The van der Waals surface area contributed by atoms with E-state index >= 15 is 0 Å². The summed E-state index contributed by atoms with van der Waals surface area (Å²) in [5.41, 5.74) is 10.9. The minimum Gasteiger partial charge on any atom is -0.481 e. The van der Waals surface area contributed by atoms with E-state index < -0.39 is 66.9 Å². The highest BCUT2D eigenvalue weighted by molar-refractivity contribution is 5.94. The molecule has 0 heterocycles. The summed E-state index contributed by atoms with van der Waals surface area (Å²) in [5, 5.41) is 33.7. The van der Waals surface area contributed by atoms with Gasteiger partial charge in [-0.05, 0) is 32.7 Å². The van der Waals surface area contributed by atoms with Crippen molar-refractivity contribution in [2.75, 3.05) is 13.1 Å². The molecule has 4 unspecified atom stereocenters. The maximum atomic E-state index is 12.6. The van der Waals surface area contributed by atoms with Crippen molar-refractivity contribution >= 4 is 29.7 Å². The van der Waals surface area contributed by atoms with E-state index in [-0.39, 0.29) is 6.42 Å². The first kappa shape index (κ1) is 26.2. The van der Waals surface area contributed by atoms with Crippen molar-refractivity contribution in [3.63, 3.8) is 0 Å². The monoisotopic (exact) mass is 419 g/mol. The lowest BCUT2D eigenvalue weighted by Crippen LogP contribution is -2.58. The Labute approximate surface area is 167 Å². The third-order valence-corrected chi connectivity index (χ3v) is 3.79. The van der Waals surface area contributed by atoms with Crippen LogP contribution in [-0.2, 0) is 24.0 Å². The normalized spacial score (nSPS) is 14.8. The Bertz CT molecular complexity index is 598. The average molecular weight is 419 g/mol. The number of amides is 3. The van der Waals surface area contributed by atoms with Gasteiger partial charge in [-0.1, -0.05) is 0 Å². The number of carboxylic acid groups (broad SMARTS) is 2. The number of carboxylic acids is 2. The van der Waals surface area contributed by atoms with Crippen LogP contribution in [0.2, 0.25) is 0 Å². The number of unbranched alkanes of at least 4 members (excludes halogenated alkanes) is 1. The second-order valence-electron chi connectivity index (χ2n) is 6.39. The lowest BCUT2D eigenvalue weighted by Gasteiger charge is -2.25. The van der Waals surface area contributed by atoms with Crippen LogP contribution in [0.3, 0.4) is 0 Å². The number of rotatable bonds is 14.